The topological polar surface area (TPSA) is 84.3 Å². The standard InChI is InChI=1S/C14H12ClNO4S.Na.H/c15-12-5-3-10(4-6-12)13(17)8-14(21(18,19)20)11-2-1-7-16-9-11;;/h1-7,9,14H,8H2,(H,18,19,20);;. The number of halogens is 1. The number of hydrogen-bond donors (Lipinski definition) is 1. The molecule has 22 heavy (non-hydrogen) atoms. The van der Waals surface area contributed by atoms with Gasteiger partial charge in [-0.25, -0.2) is 0 Å². The summed E-state index contributed by atoms with van der Waals surface area (Å²) in [7, 11) is -4.42. The second-order valence-electron chi connectivity index (χ2n) is 4.42. The summed E-state index contributed by atoms with van der Waals surface area (Å²) in [6, 6.07) is 9.15. The molecule has 0 aliphatic heterocycles. The van der Waals surface area contributed by atoms with Crippen molar-refractivity contribution in [1.29, 1.82) is 0 Å². The van der Waals surface area contributed by atoms with Gasteiger partial charge in [0.05, 0.1) is 0 Å². The molecule has 8 heteroatoms. The Hall–Kier alpha value is -0.760. The molecule has 1 atom stereocenters. The third-order valence-electron chi connectivity index (χ3n) is 2.95. The van der Waals surface area contributed by atoms with Crippen LogP contribution in [-0.4, -0.2) is 53.3 Å². The molecule has 0 amide bonds. The molecule has 0 saturated heterocycles. The van der Waals surface area contributed by atoms with Crippen LogP contribution in [0.15, 0.2) is 48.8 Å². The minimum atomic E-state index is -4.42. The van der Waals surface area contributed by atoms with Gasteiger partial charge in [0, 0.05) is 29.4 Å². The van der Waals surface area contributed by atoms with E-state index in [2.05, 4.69) is 4.98 Å². The van der Waals surface area contributed by atoms with Gasteiger partial charge in [-0.2, -0.15) is 8.42 Å². The molecule has 0 fully saturated rings. The molecule has 0 bridgehead atoms. The van der Waals surface area contributed by atoms with Crippen LogP contribution in [0.3, 0.4) is 0 Å². The summed E-state index contributed by atoms with van der Waals surface area (Å²) in [4.78, 5) is 16.0. The molecule has 0 aliphatic rings. The van der Waals surface area contributed by atoms with Gasteiger partial charge >= 0.3 is 29.6 Å². The van der Waals surface area contributed by atoms with E-state index < -0.39 is 21.2 Å². The molecule has 1 aromatic heterocycles. The van der Waals surface area contributed by atoms with Gasteiger partial charge in [0.1, 0.15) is 5.25 Å². The van der Waals surface area contributed by atoms with Crippen LogP contribution in [0.5, 0.6) is 0 Å². The van der Waals surface area contributed by atoms with Gasteiger partial charge in [0.25, 0.3) is 10.1 Å². The maximum absolute atomic E-state index is 12.1. The van der Waals surface area contributed by atoms with Crippen molar-refractivity contribution in [3.63, 3.8) is 0 Å². The summed E-state index contributed by atoms with van der Waals surface area (Å²) in [6.45, 7) is 0. The van der Waals surface area contributed by atoms with E-state index in [1.54, 1.807) is 18.2 Å². The van der Waals surface area contributed by atoms with Gasteiger partial charge in [-0.3, -0.25) is 14.3 Å². The van der Waals surface area contributed by atoms with E-state index in [0.29, 0.717) is 10.6 Å². The average Bonchev–Trinajstić information content (AvgIpc) is 2.45. The summed E-state index contributed by atoms with van der Waals surface area (Å²) in [6.07, 6.45) is 2.42. The summed E-state index contributed by atoms with van der Waals surface area (Å²) in [5.74, 6) is -0.404. The van der Waals surface area contributed by atoms with Gasteiger partial charge < -0.3 is 0 Å². The zero-order chi connectivity index (χ0) is 15.5. The Morgan fingerprint density at radius 1 is 1.23 bits per heavy atom. The molecule has 2 rings (SSSR count). The Morgan fingerprint density at radius 3 is 2.36 bits per heavy atom. The van der Waals surface area contributed by atoms with E-state index >= 15 is 0 Å². The number of carbonyl (C=O) groups is 1. The first-order valence-corrected chi connectivity index (χ1v) is 7.91. The van der Waals surface area contributed by atoms with Crippen molar-refractivity contribution < 1.29 is 17.8 Å². The monoisotopic (exact) mass is 349 g/mol. The van der Waals surface area contributed by atoms with Crippen molar-refractivity contribution in [2.24, 2.45) is 0 Å². The average molecular weight is 350 g/mol. The number of rotatable bonds is 5. The minimum absolute atomic E-state index is 0. The molecule has 1 N–H and O–H groups in total. The Balaban J connectivity index is 0.00000242. The van der Waals surface area contributed by atoms with Crippen LogP contribution in [0.25, 0.3) is 0 Å². The predicted octanol–water partition coefficient (Wildman–Crippen LogP) is 2.29. The number of pyridine rings is 1. The third kappa shape index (κ3) is 5.15. The van der Waals surface area contributed by atoms with Crippen LogP contribution in [0.2, 0.25) is 5.02 Å². The second kappa shape index (κ2) is 8.19. The fourth-order valence-electron chi connectivity index (χ4n) is 1.88. The van der Waals surface area contributed by atoms with E-state index in [1.165, 1.54) is 30.6 Å². The maximum atomic E-state index is 12.1. The molecule has 0 saturated carbocycles. The number of Topliss-reactive ketones (excluding diaryl/α,β-unsaturated/α-hetero) is 1. The zero-order valence-electron chi connectivity index (χ0n) is 10.8. The van der Waals surface area contributed by atoms with E-state index in [0.717, 1.165) is 0 Å². The molecule has 0 spiro atoms. The SMILES string of the molecule is O=C(CC(c1cccnc1)S(=O)(=O)O)c1ccc(Cl)cc1.[NaH]. The zero-order valence-corrected chi connectivity index (χ0v) is 12.4. The fourth-order valence-corrected chi connectivity index (χ4v) is 2.85. The number of ketones is 1. The summed E-state index contributed by atoms with van der Waals surface area (Å²) < 4.78 is 32.4. The summed E-state index contributed by atoms with van der Waals surface area (Å²) in [5.41, 5.74) is 0.597. The van der Waals surface area contributed by atoms with Crippen molar-refractivity contribution in [3.05, 3.63) is 64.9 Å². The van der Waals surface area contributed by atoms with E-state index in [-0.39, 0.29) is 41.5 Å². The number of carbonyl (C=O) groups excluding carboxylic acids is 1. The number of benzene rings is 1. The molecule has 0 radical (unpaired) electrons. The van der Waals surface area contributed by atoms with Crippen LogP contribution in [0, 0.1) is 0 Å². The van der Waals surface area contributed by atoms with Gasteiger partial charge in [-0.15, -0.1) is 0 Å². The molecule has 1 unspecified atom stereocenters. The number of nitrogens with zero attached hydrogens (tertiary/aromatic N) is 1. The van der Waals surface area contributed by atoms with Crippen molar-refractivity contribution in [3.8, 4) is 0 Å². The van der Waals surface area contributed by atoms with Crippen molar-refractivity contribution in [1.82, 2.24) is 4.98 Å². The molecule has 112 valence electrons. The quantitative estimate of drug-likeness (QED) is 0.508. The van der Waals surface area contributed by atoms with Gasteiger partial charge in [0.15, 0.2) is 5.78 Å². The van der Waals surface area contributed by atoms with Crippen LogP contribution in [0.4, 0.5) is 0 Å². The number of aromatic nitrogens is 1. The molecule has 0 aliphatic carbocycles. The fraction of sp³-hybridized carbons (Fsp3) is 0.143. The Labute approximate surface area is 155 Å². The number of hydrogen-bond acceptors (Lipinski definition) is 4. The molecule has 1 aromatic carbocycles. The molecule has 1 heterocycles. The first-order chi connectivity index (χ1) is 9.88. The van der Waals surface area contributed by atoms with E-state index in [1.807, 2.05) is 0 Å². The molecule has 2 aromatic rings. The second-order valence-corrected chi connectivity index (χ2v) is 6.46. The van der Waals surface area contributed by atoms with Gasteiger partial charge in [-0.05, 0) is 35.9 Å². The van der Waals surface area contributed by atoms with Crippen LogP contribution >= 0.6 is 11.6 Å². The van der Waals surface area contributed by atoms with E-state index in [4.69, 9.17) is 11.6 Å². The normalized spacial score (nSPS) is 12.3. The molecular weight excluding hydrogens is 337 g/mol. The summed E-state index contributed by atoms with van der Waals surface area (Å²) >= 11 is 5.74. The van der Waals surface area contributed by atoms with Crippen molar-refractivity contribution >= 4 is 57.1 Å². The van der Waals surface area contributed by atoms with Crippen molar-refractivity contribution in [2.75, 3.05) is 0 Å². The summed E-state index contributed by atoms with van der Waals surface area (Å²) in [5, 5.41) is -0.862. The van der Waals surface area contributed by atoms with Crippen LogP contribution in [0.1, 0.15) is 27.6 Å². The molecule has 5 nitrogen and oxygen atoms in total. The Morgan fingerprint density at radius 2 is 1.86 bits per heavy atom. The van der Waals surface area contributed by atoms with Crippen LogP contribution < -0.4 is 0 Å². The predicted molar refractivity (Wildman–Crippen MR) is 86.1 cm³/mol. The molecular formula is C14H13ClNNaO4S. The van der Waals surface area contributed by atoms with Gasteiger partial charge in [-0.1, -0.05) is 17.7 Å². The first kappa shape index (κ1) is 19.3. The first-order valence-electron chi connectivity index (χ1n) is 6.03. The van der Waals surface area contributed by atoms with Crippen LogP contribution in [-0.2, 0) is 10.1 Å². The third-order valence-corrected chi connectivity index (χ3v) is 4.36. The Kier molecular flexibility index (Phi) is 7.18. The van der Waals surface area contributed by atoms with E-state index in [9.17, 15) is 17.8 Å². The Bertz CT molecular complexity index is 735. The van der Waals surface area contributed by atoms with Gasteiger partial charge in [0.2, 0.25) is 0 Å². The van der Waals surface area contributed by atoms with Crippen molar-refractivity contribution in [2.45, 2.75) is 11.7 Å².